The molecule has 0 aliphatic rings. The third-order valence-corrected chi connectivity index (χ3v) is 3.26. The van der Waals surface area contributed by atoms with E-state index in [4.69, 9.17) is 0 Å². The van der Waals surface area contributed by atoms with Gasteiger partial charge in [-0.05, 0) is 55.2 Å². The minimum atomic E-state index is -0.703. The van der Waals surface area contributed by atoms with Crippen LogP contribution in [0.25, 0.3) is 0 Å². The number of hydrogen-bond donors (Lipinski definition) is 1. The number of aliphatic hydroxyl groups excluding tert-OH is 1. The van der Waals surface area contributed by atoms with Crippen LogP contribution in [0.4, 0.5) is 4.39 Å². The zero-order chi connectivity index (χ0) is 13.3. The molecule has 2 heteroatoms. The Morgan fingerprint density at radius 2 is 1.61 bits per heavy atom. The highest BCUT2D eigenvalue weighted by molar-refractivity contribution is 5.40. The second kappa shape index (κ2) is 4.91. The van der Waals surface area contributed by atoms with Gasteiger partial charge in [-0.3, -0.25) is 0 Å². The summed E-state index contributed by atoms with van der Waals surface area (Å²) in [6.07, 6.45) is -0.703. The van der Waals surface area contributed by atoms with E-state index in [-0.39, 0.29) is 5.82 Å². The monoisotopic (exact) mass is 244 g/mol. The molecule has 1 N–H and O–H groups in total. The molecule has 0 heterocycles. The lowest BCUT2D eigenvalue weighted by atomic mass is 9.93. The fourth-order valence-electron chi connectivity index (χ4n) is 2.17. The molecule has 0 saturated carbocycles. The van der Waals surface area contributed by atoms with Crippen molar-refractivity contribution in [2.45, 2.75) is 26.9 Å². The lowest BCUT2D eigenvalue weighted by Gasteiger charge is -2.17. The van der Waals surface area contributed by atoms with E-state index in [0.29, 0.717) is 0 Å². The number of aryl methyl sites for hydroxylation is 3. The zero-order valence-corrected chi connectivity index (χ0v) is 10.9. The second-order valence-electron chi connectivity index (χ2n) is 4.76. The zero-order valence-electron chi connectivity index (χ0n) is 10.9. The molecule has 1 nitrogen and oxygen atoms in total. The summed E-state index contributed by atoms with van der Waals surface area (Å²) in [5.74, 6) is -0.274. The van der Waals surface area contributed by atoms with Gasteiger partial charge in [0.05, 0.1) is 0 Å². The lowest BCUT2D eigenvalue weighted by Crippen LogP contribution is -2.04. The van der Waals surface area contributed by atoms with Gasteiger partial charge >= 0.3 is 0 Å². The smallest absolute Gasteiger partial charge is 0.123 e. The van der Waals surface area contributed by atoms with E-state index in [2.05, 4.69) is 0 Å². The van der Waals surface area contributed by atoms with Crippen molar-refractivity contribution in [2.75, 3.05) is 0 Å². The van der Waals surface area contributed by atoms with E-state index in [9.17, 15) is 9.50 Å². The van der Waals surface area contributed by atoms with Gasteiger partial charge in [-0.25, -0.2) is 4.39 Å². The summed E-state index contributed by atoms with van der Waals surface area (Å²) in [4.78, 5) is 0. The third-order valence-electron chi connectivity index (χ3n) is 3.26. The Morgan fingerprint density at radius 1 is 0.889 bits per heavy atom. The summed E-state index contributed by atoms with van der Waals surface area (Å²) in [7, 11) is 0. The molecule has 2 aromatic rings. The molecule has 18 heavy (non-hydrogen) atoms. The summed E-state index contributed by atoms with van der Waals surface area (Å²) < 4.78 is 13.1. The molecule has 1 unspecified atom stereocenters. The van der Waals surface area contributed by atoms with Crippen LogP contribution in [-0.4, -0.2) is 5.11 Å². The van der Waals surface area contributed by atoms with Crippen LogP contribution in [0.1, 0.15) is 33.9 Å². The molecule has 0 radical (unpaired) electrons. The predicted octanol–water partition coefficient (Wildman–Crippen LogP) is 3.83. The molecule has 0 fully saturated rings. The molecule has 0 saturated heterocycles. The fourth-order valence-corrected chi connectivity index (χ4v) is 2.17. The number of rotatable bonds is 2. The molecule has 1 atom stereocenters. The average molecular weight is 244 g/mol. The first-order chi connectivity index (χ1) is 8.49. The minimum Gasteiger partial charge on any atom is -0.384 e. The van der Waals surface area contributed by atoms with E-state index in [1.807, 2.05) is 39.0 Å². The van der Waals surface area contributed by atoms with Gasteiger partial charge in [0.2, 0.25) is 0 Å². The highest BCUT2D eigenvalue weighted by atomic mass is 19.1. The second-order valence-corrected chi connectivity index (χ2v) is 4.76. The first-order valence-electron chi connectivity index (χ1n) is 6.00. The van der Waals surface area contributed by atoms with Gasteiger partial charge in [0.15, 0.2) is 0 Å². The Kier molecular flexibility index (Phi) is 3.48. The summed E-state index contributed by atoms with van der Waals surface area (Å²) >= 11 is 0. The van der Waals surface area contributed by atoms with Gasteiger partial charge in [0.25, 0.3) is 0 Å². The van der Waals surface area contributed by atoms with Crippen molar-refractivity contribution in [2.24, 2.45) is 0 Å². The van der Waals surface area contributed by atoms with E-state index >= 15 is 0 Å². The summed E-state index contributed by atoms with van der Waals surface area (Å²) in [5.41, 5.74) is 4.55. The van der Waals surface area contributed by atoms with Crippen molar-refractivity contribution in [3.8, 4) is 0 Å². The Bertz CT molecular complexity index is 575. The van der Waals surface area contributed by atoms with E-state index < -0.39 is 6.10 Å². The molecule has 0 spiro atoms. The topological polar surface area (TPSA) is 20.2 Å². The SMILES string of the molecule is Cc1ccc(C)c(C(O)c2ccc(F)cc2C)c1. The van der Waals surface area contributed by atoms with Crippen LogP contribution in [0, 0.1) is 26.6 Å². The fraction of sp³-hybridized carbons (Fsp3) is 0.250. The third kappa shape index (κ3) is 2.44. The molecule has 0 aliphatic carbocycles. The largest absolute Gasteiger partial charge is 0.384 e. The first-order valence-corrected chi connectivity index (χ1v) is 6.00. The Labute approximate surface area is 107 Å². The quantitative estimate of drug-likeness (QED) is 0.851. The molecule has 94 valence electrons. The van der Waals surface area contributed by atoms with Gasteiger partial charge in [-0.2, -0.15) is 0 Å². The van der Waals surface area contributed by atoms with Gasteiger partial charge in [0, 0.05) is 0 Å². The first kappa shape index (κ1) is 12.8. The minimum absolute atomic E-state index is 0.274. The molecule has 0 bridgehead atoms. The van der Waals surface area contributed by atoms with Gasteiger partial charge in [-0.1, -0.05) is 29.8 Å². The number of aliphatic hydroxyl groups is 1. The highest BCUT2D eigenvalue weighted by Crippen LogP contribution is 2.28. The van der Waals surface area contributed by atoms with E-state index in [1.165, 1.54) is 12.1 Å². The van der Waals surface area contributed by atoms with E-state index in [1.54, 1.807) is 6.07 Å². The van der Waals surface area contributed by atoms with Crippen LogP contribution in [0.3, 0.4) is 0 Å². The van der Waals surface area contributed by atoms with Crippen LogP contribution in [0.15, 0.2) is 36.4 Å². The molecule has 0 aromatic heterocycles. The van der Waals surface area contributed by atoms with Crippen molar-refractivity contribution in [3.63, 3.8) is 0 Å². The molecule has 2 rings (SSSR count). The lowest BCUT2D eigenvalue weighted by molar-refractivity contribution is 0.218. The number of halogens is 1. The normalized spacial score (nSPS) is 12.5. The summed E-state index contributed by atoms with van der Waals surface area (Å²) in [6.45, 7) is 5.77. The Balaban J connectivity index is 2.47. The standard InChI is InChI=1S/C16H17FO/c1-10-4-5-11(2)15(8-10)16(18)14-7-6-13(17)9-12(14)3/h4-9,16,18H,1-3H3. The highest BCUT2D eigenvalue weighted by Gasteiger charge is 2.15. The number of benzene rings is 2. The molecule has 2 aromatic carbocycles. The van der Waals surface area contributed by atoms with Crippen LogP contribution < -0.4 is 0 Å². The van der Waals surface area contributed by atoms with Gasteiger partial charge in [-0.15, -0.1) is 0 Å². The average Bonchev–Trinajstić information content (AvgIpc) is 2.31. The van der Waals surface area contributed by atoms with Crippen molar-refractivity contribution in [1.29, 1.82) is 0 Å². The number of hydrogen-bond acceptors (Lipinski definition) is 1. The van der Waals surface area contributed by atoms with Crippen LogP contribution >= 0.6 is 0 Å². The van der Waals surface area contributed by atoms with Gasteiger partial charge < -0.3 is 5.11 Å². The predicted molar refractivity (Wildman–Crippen MR) is 71.1 cm³/mol. The maximum absolute atomic E-state index is 13.1. The van der Waals surface area contributed by atoms with Gasteiger partial charge in [0.1, 0.15) is 11.9 Å². The maximum atomic E-state index is 13.1. The molecular formula is C16H17FO. The molecular weight excluding hydrogens is 227 g/mol. The van der Waals surface area contributed by atoms with Crippen LogP contribution in [-0.2, 0) is 0 Å². The van der Waals surface area contributed by atoms with E-state index in [0.717, 1.165) is 27.8 Å². The Hall–Kier alpha value is -1.67. The van der Waals surface area contributed by atoms with Crippen LogP contribution in [0.2, 0.25) is 0 Å². The van der Waals surface area contributed by atoms with Crippen molar-refractivity contribution >= 4 is 0 Å². The summed E-state index contributed by atoms with van der Waals surface area (Å²) in [6, 6.07) is 10.5. The maximum Gasteiger partial charge on any atom is 0.123 e. The summed E-state index contributed by atoms with van der Waals surface area (Å²) in [5, 5.41) is 10.4. The molecule has 0 aliphatic heterocycles. The van der Waals surface area contributed by atoms with Crippen LogP contribution in [0.5, 0.6) is 0 Å². The Morgan fingerprint density at radius 3 is 2.28 bits per heavy atom. The molecule has 0 amide bonds. The van der Waals surface area contributed by atoms with Crippen molar-refractivity contribution in [1.82, 2.24) is 0 Å². The van der Waals surface area contributed by atoms with Crippen molar-refractivity contribution in [3.05, 3.63) is 70.0 Å². The van der Waals surface area contributed by atoms with Crippen molar-refractivity contribution < 1.29 is 9.50 Å².